The summed E-state index contributed by atoms with van der Waals surface area (Å²) in [5.41, 5.74) is 2.51. The second-order valence-corrected chi connectivity index (χ2v) is 6.39. The van der Waals surface area contributed by atoms with Crippen LogP contribution in [0.1, 0.15) is 32.8 Å². The van der Waals surface area contributed by atoms with Crippen molar-refractivity contribution in [1.82, 2.24) is 0 Å². The molecule has 106 valence electrons. The van der Waals surface area contributed by atoms with E-state index in [0.717, 1.165) is 17.1 Å². The van der Waals surface area contributed by atoms with Gasteiger partial charge in [0.15, 0.2) is 0 Å². The molecule has 2 aromatic carbocycles. The van der Waals surface area contributed by atoms with Gasteiger partial charge < -0.3 is 5.32 Å². The van der Waals surface area contributed by atoms with Crippen molar-refractivity contribution in [3.05, 3.63) is 65.2 Å². The maximum absolute atomic E-state index is 6.19. The number of anilines is 1. The Morgan fingerprint density at radius 3 is 2.25 bits per heavy atom. The Hall–Kier alpha value is -1.47. The summed E-state index contributed by atoms with van der Waals surface area (Å²) in [5.74, 6) is 0. The van der Waals surface area contributed by atoms with Gasteiger partial charge in [0.2, 0.25) is 0 Å². The molecule has 2 rings (SSSR count). The van der Waals surface area contributed by atoms with Crippen LogP contribution in [0.5, 0.6) is 0 Å². The predicted octanol–water partition coefficient (Wildman–Crippen LogP) is 5.51. The molecule has 0 saturated carbocycles. The third kappa shape index (κ3) is 3.77. The molecular weight excluding hydrogens is 266 g/mol. The summed E-state index contributed by atoms with van der Waals surface area (Å²) in [6.07, 6.45) is 1.04. The first-order valence-electron chi connectivity index (χ1n) is 7.05. The average molecular weight is 288 g/mol. The van der Waals surface area contributed by atoms with E-state index in [9.17, 15) is 0 Å². The molecule has 1 N–H and O–H groups in total. The molecule has 1 nitrogen and oxygen atoms in total. The van der Waals surface area contributed by atoms with Crippen LogP contribution in [0.25, 0.3) is 0 Å². The molecule has 0 fully saturated rings. The minimum absolute atomic E-state index is 0.134. The quantitative estimate of drug-likeness (QED) is 0.765. The first kappa shape index (κ1) is 14.9. The van der Waals surface area contributed by atoms with Crippen LogP contribution in [-0.2, 0) is 5.41 Å². The van der Waals surface area contributed by atoms with Gasteiger partial charge in [0.05, 0.1) is 10.7 Å². The summed E-state index contributed by atoms with van der Waals surface area (Å²) in [5, 5.41) is 4.28. The summed E-state index contributed by atoms with van der Waals surface area (Å²) in [6.45, 7) is 6.77. The SMILES string of the molecule is CC(CC(C)(C)c1ccccc1)Nc1ccccc1Cl. The minimum atomic E-state index is 0.134. The first-order valence-corrected chi connectivity index (χ1v) is 7.43. The zero-order valence-electron chi connectivity index (χ0n) is 12.4. The fourth-order valence-corrected chi connectivity index (χ4v) is 2.86. The maximum atomic E-state index is 6.19. The van der Waals surface area contributed by atoms with Crippen LogP contribution in [0.2, 0.25) is 5.02 Å². The van der Waals surface area contributed by atoms with Gasteiger partial charge in [-0.1, -0.05) is 67.9 Å². The normalized spacial score (nSPS) is 13.0. The van der Waals surface area contributed by atoms with Gasteiger partial charge >= 0.3 is 0 Å². The molecule has 0 radical (unpaired) electrons. The van der Waals surface area contributed by atoms with Crippen molar-refractivity contribution in [1.29, 1.82) is 0 Å². The zero-order valence-corrected chi connectivity index (χ0v) is 13.1. The van der Waals surface area contributed by atoms with Gasteiger partial charge in [0, 0.05) is 6.04 Å². The van der Waals surface area contributed by atoms with Crippen LogP contribution in [0.15, 0.2) is 54.6 Å². The van der Waals surface area contributed by atoms with Gasteiger partial charge in [-0.3, -0.25) is 0 Å². The van der Waals surface area contributed by atoms with Crippen molar-refractivity contribution in [2.75, 3.05) is 5.32 Å². The van der Waals surface area contributed by atoms with Crippen LogP contribution in [0.4, 0.5) is 5.69 Å². The third-order valence-corrected chi connectivity index (χ3v) is 3.98. The van der Waals surface area contributed by atoms with Crippen molar-refractivity contribution in [2.45, 2.75) is 38.6 Å². The molecule has 0 amide bonds. The van der Waals surface area contributed by atoms with Crippen LogP contribution >= 0.6 is 11.6 Å². The molecule has 2 aromatic rings. The van der Waals surface area contributed by atoms with Crippen molar-refractivity contribution < 1.29 is 0 Å². The molecule has 0 aliphatic rings. The fraction of sp³-hybridized carbons (Fsp3) is 0.333. The summed E-state index contributed by atoms with van der Waals surface area (Å²) >= 11 is 6.19. The van der Waals surface area contributed by atoms with Crippen LogP contribution in [0, 0.1) is 0 Å². The van der Waals surface area contributed by atoms with Gasteiger partial charge in [-0.15, -0.1) is 0 Å². The highest BCUT2D eigenvalue weighted by atomic mass is 35.5. The Morgan fingerprint density at radius 1 is 1.00 bits per heavy atom. The molecule has 0 aromatic heterocycles. The van der Waals surface area contributed by atoms with Crippen LogP contribution in [0.3, 0.4) is 0 Å². The van der Waals surface area contributed by atoms with Gasteiger partial charge in [-0.25, -0.2) is 0 Å². The molecule has 0 saturated heterocycles. The lowest BCUT2D eigenvalue weighted by atomic mass is 9.79. The van der Waals surface area contributed by atoms with Gasteiger partial charge in [0.1, 0.15) is 0 Å². The van der Waals surface area contributed by atoms with Crippen molar-refractivity contribution in [2.24, 2.45) is 0 Å². The van der Waals surface area contributed by atoms with Crippen molar-refractivity contribution in [3.63, 3.8) is 0 Å². The smallest absolute Gasteiger partial charge is 0.0637 e. The van der Waals surface area contributed by atoms with E-state index in [4.69, 9.17) is 11.6 Å². The molecule has 20 heavy (non-hydrogen) atoms. The Balaban J connectivity index is 2.04. The number of halogens is 1. The molecule has 0 aliphatic heterocycles. The summed E-state index contributed by atoms with van der Waals surface area (Å²) in [6, 6.07) is 18.9. The largest absolute Gasteiger partial charge is 0.381 e. The van der Waals surface area contributed by atoms with Gasteiger partial charge in [-0.05, 0) is 36.5 Å². The van der Waals surface area contributed by atoms with E-state index in [0.29, 0.717) is 6.04 Å². The lowest BCUT2D eigenvalue weighted by Gasteiger charge is -2.29. The Labute approximate surface area is 127 Å². The summed E-state index contributed by atoms with van der Waals surface area (Å²) in [7, 11) is 0. The van der Waals surface area contributed by atoms with E-state index < -0.39 is 0 Å². The fourth-order valence-electron chi connectivity index (χ4n) is 2.67. The Morgan fingerprint density at radius 2 is 1.60 bits per heavy atom. The highest BCUT2D eigenvalue weighted by Crippen LogP contribution is 2.30. The number of nitrogens with one attached hydrogen (secondary N) is 1. The average Bonchev–Trinajstić information content (AvgIpc) is 2.42. The van der Waals surface area contributed by atoms with E-state index in [1.807, 2.05) is 24.3 Å². The highest BCUT2D eigenvalue weighted by Gasteiger charge is 2.23. The molecule has 0 bridgehead atoms. The molecule has 2 heteroatoms. The summed E-state index contributed by atoms with van der Waals surface area (Å²) in [4.78, 5) is 0. The number of para-hydroxylation sites is 1. The van der Waals surface area contributed by atoms with E-state index in [1.54, 1.807) is 0 Å². The monoisotopic (exact) mass is 287 g/mol. The molecule has 0 heterocycles. The number of hydrogen-bond acceptors (Lipinski definition) is 1. The van der Waals surface area contributed by atoms with Crippen molar-refractivity contribution >= 4 is 17.3 Å². The van der Waals surface area contributed by atoms with E-state index in [-0.39, 0.29) is 5.41 Å². The van der Waals surface area contributed by atoms with E-state index in [2.05, 4.69) is 56.4 Å². The third-order valence-electron chi connectivity index (χ3n) is 3.65. The second-order valence-electron chi connectivity index (χ2n) is 5.98. The molecule has 1 atom stereocenters. The Bertz CT molecular complexity index is 548. The lowest BCUT2D eigenvalue weighted by Crippen LogP contribution is -2.27. The minimum Gasteiger partial charge on any atom is -0.381 e. The maximum Gasteiger partial charge on any atom is 0.0637 e. The van der Waals surface area contributed by atoms with Gasteiger partial charge in [-0.2, -0.15) is 0 Å². The zero-order chi connectivity index (χ0) is 14.6. The lowest BCUT2D eigenvalue weighted by molar-refractivity contribution is 0.450. The number of hydrogen-bond donors (Lipinski definition) is 1. The van der Waals surface area contributed by atoms with Crippen LogP contribution in [-0.4, -0.2) is 6.04 Å². The molecule has 0 spiro atoms. The standard InChI is InChI=1S/C18H22ClN/c1-14(20-17-12-8-7-11-16(17)19)13-18(2,3)15-9-5-4-6-10-15/h4-12,14,20H,13H2,1-3H3. The number of benzene rings is 2. The molecular formula is C18H22ClN. The number of rotatable bonds is 5. The second kappa shape index (κ2) is 6.32. The predicted molar refractivity (Wildman–Crippen MR) is 88.6 cm³/mol. The summed E-state index contributed by atoms with van der Waals surface area (Å²) < 4.78 is 0. The highest BCUT2D eigenvalue weighted by molar-refractivity contribution is 6.33. The van der Waals surface area contributed by atoms with Gasteiger partial charge in [0.25, 0.3) is 0 Å². The first-order chi connectivity index (χ1) is 9.49. The molecule has 0 aliphatic carbocycles. The van der Waals surface area contributed by atoms with Crippen LogP contribution < -0.4 is 5.32 Å². The Kier molecular flexibility index (Phi) is 4.72. The van der Waals surface area contributed by atoms with E-state index >= 15 is 0 Å². The van der Waals surface area contributed by atoms with E-state index in [1.165, 1.54) is 5.56 Å². The molecule has 1 unspecified atom stereocenters. The van der Waals surface area contributed by atoms with Crippen molar-refractivity contribution in [3.8, 4) is 0 Å². The topological polar surface area (TPSA) is 12.0 Å².